The zero-order chi connectivity index (χ0) is 30.0. The predicted octanol–water partition coefficient (Wildman–Crippen LogP) is 1.91. The van der Waals surface area contributed by atoms with E-state index >= 15 is 0 Å². The highest BCUT2D eigenvalue weighted by atomic mass is 16.7. The van der Waals surface area contributed by atoms with Crippen LogP contribution in [0, 0.1) is 0 Å². The summed E-state index contributed by atoms with van der Waals surface area (Å²) in [5, 5.41) is 0. The lowest BCUT2D eigenvalue weighted by Gasteiger charge is -2.45. The van der Waals surface area contributed by atoms with Gasteiger partial charge in [-0.1, -0.05) is 0 Å². The van der Waals surface area contributed by atoms with Crippen molar-refractivity contribution in [3.63, 3.8) is 0 Å². The molecule has 0 aromatic rings. The molecule has 0 aromatic carbocycles. The molecule has 0 spiro atoms. The van der Waals surface area contributed by atoms with Crippen LogP contribution in [-0.2, 0) is 61.8 Å². The molecule has 0 radical (unpaired) electrons. The van der Waals surface area contributed by atoms with Crippen LogP contribution < -0.4 is 0 Å². The average molecular weight is 579 g/mol. The minimum atomic E-state index is -0.736. The van der Waals surface area contributed by atoms with E-state index in [1.165, 1.54) is 27.9 Å². The molecule has 13 nitrogen and oxygen atoms in total. The molecule has 2 rings (SSSR count). The Morgan fingerprint density at radius 2 is 1.40 bits per heavy atom. The summed E-state index contributed by atoms with van der Waals surface area (Å²) in [4.78, 5) is 34.4. The molecule has 0 aromatic heterocycles. The fourth-order valence-electron chi connectivity index (χ4n) is 5.11. The fraction of sp³-hybridized carbons (Fsp3) is 0.889. The van der Waals surface area contributed by atoms with Crippen LogP contribution in [0.3, 0.4) is 0 Å². The molecule has 2 aliphatic heterocycles. The van der Waals surface area contributed by atoms with Gasteiger partial charge in [-0.05, 0) is 20.8 Å². The van der Waals surface area contributed by atoms with Gasteiger partial charge in [0.1, 0.15) is 24.4 Å². The van der Waals surface area contributed by atoms with Crippen molar-refractivity contribution in [1.29, 1.82) is 0 Å². The van der Waals surface area contributed by atoms with Crippen LogP contribution in [0.25, 0.3) is 0 Å². The van der Waals surface area contributed by atoms with E-state index in [0.717, 1.165) is 0 Å². The molecule has 2 saturated heterocycles. The number of methoxy groups -OCH3 is 3. The van der Waals surface area contributed by atoms with Crippen LogP contribution in [0.1, 0.15) is 60.8 Å². The molecule has 11 atom stereocenters. The minimum Gasteiger partial charge on any atom is -0.466 e. The SMILES string of the molecule is CO[C@@H](CCOC(C)=O)[C@H](O[C@@H]1C[C@@H](OC)[C@@H](O[C@H]2C[C@H](OC)[C@H](OC(C)=O)[C@H](C)O2)[C@H](C)O1)[C@H](C)OC(C)=O. The molecule has 40 heavy (non-hydrogen) atoms. The third-order valence-electron chi connectivity index (χ3n) is 6.96. The number of rotatable bonds is 14. The van der Waals surface area contributed by atoms with Gasteiger partial charge >= 0.3 is 17.9 Å². The topological polar surface area (TPSA) is 144 Å². The first-order valence-electron chi connectivity index (χ1n) is 13.6. The number of esters is 3. The summed E-state index contributed by atoms with van der Waals surface area (Å²) in [7, 11) is 4.63. The molecule has 0 unspecified atom stereocenters. The van der Waals surface area contributed by atoms with Crippen molar-refractivity contribution in [2.75, 3.05) is 27.9 Å². The summed E-state index contributed by atoms with van der Waals surface area (Å²) < 4.78 is 57.6. The van der Waals surface area contributed by atoms with E-state index in [0.29, 0.717) is 19.3 Å². The smallest absolute Gasteiger partial charge is 0.303 e. The summed E-state index contributed by atoms with van der Waals surface area (Å²) >= 11 is 0. The summed E-state index contributed by atoms with van der Waals surface area (Å²) in [6, 6.07) is 0. The standard InChI is InChI=1S/C27H46O13/c1-14(35-18(5)29)25(20(31-7)10-11-34-17(4)28)39-23-13-22(33-9)27(16(3)37-23)40-24-12-21(32-8)26(15(2)36-24)38-19(6)30/h14-16,20-27H,10-13H2,1-9H3/t14-,15-,16-,20-,21-,22+,23+,24-,25+,26+,27-/m0/s1. The van der Waals surface area contributed by atoms with Gasteiger partial charge in [0.25, 0.3) is 0 Å². The molecular formula is C27H46O13. The van der Waals surface area contributed by atoms with Gasteiger partial charge in [0.05, 0.1) is 31.0 Å². The quantitative estimate of drug-likeness (QED) is 0.219. The molecule has 0 amide bonds. The van der Waals surface area contributed by atoms with E-state index in [4.69, 9.17) is 47.4 Å². The molecule has 13 heteroatoms. The van der Waals surface area contributed by atoms with Crippen LogP contribution in [0.2, 0.25) is 0 Å². The van der Waals surface area contributed by atoms with Crippen molar-refractivity contribution in [3.8, 4) is 0 Å². The molecule has 2 aliphatic rings. The van der Waals surface area contributed by atoms with Gasteiger partial charge in [-0.2, -0.15) is 0 Å². The van der Waals surface area contributed by atoms with E-state index in [2.05, 4.69) is 0 Å². The van der Waals surface area contributed by atoms with Crippen molar-refractivity contribution in [2.24, 2.45) is 0 Å². The van der Waals surface area contributed by atoms with Gasteiger partial charge in [0.15, 0.2) is 18.7 Å². The Morgan fingerprint density at radius 1 is 0.825 bits per heavy atom. The maximum atomic E-state index is 11.7. The van der Waals surface area contributed by atoms with E-state index in [1.807, 2.05) is 6.92 Å². The second-order valence-electron chi connectivity index (χ2n) is 10.1. The van der Waals surface area contributed by atoms with Crippen LogP contribution in [0.4, 0.5) is 0 Å². The van der Waals surface area contributed by atoms with Crippen LogP contribution in [0.15, 0.2) is 0 Å². The normalized spacial score (nSPS) is 32.9. The Morgan fingerprint density at radius 3 is 1.95 bits per heavy atom. The van der Waals surface area contributed by atoms with Crippen molar-refractivity contribution < 1.29 is 61.8 Å². The Balaban J connectivity index is 2.10. The van der Waals surface area contributed by atoms with E-state index in [9.17, 15) is 14.4 Å². The maximum absolute atomic E-state index is 11.7. The Labute approximate surface area is 236 Å². The highest BCUT2D eigenvalue weighted by Gasteiger charge is 2.45. The van der Waals surface area contributed by atoms with Gasteiger partial charge in [0, 0.05) is 61.4 Å². The summed E-state index contributed by atoms with van der Waals surface area (Å²) in [6.45, 7) is 9.43. The molecule has 0 N–H and O–H groups in total. The van der Waals surface area contributed by atoms with Crippen molar-refractivity contribution in [3.05, 3.63) is 0 Å². The minimum absolute atomic E-state index is 0.111. The number of ether oxygens (including phenoxy) is 10. The van der Waals surface area contributed by atoms with Crippen LogP contribution >= 0.6 is 0 Å². The highest BCUT2D eigenvalue weighted by molar-refractivity contribution is 5.66. The van der Waals surface area contributed by atoms with Gasteiger partial charge in [-0.15, -0.1) is 0 Å². The number of carbonyl (C=O) groups is 3. The lowest BCUT2D eigenvalue weighted by atomic mass is 9.99. The fourth-order valence-corrected chi connectivity index (χ4v) is 5.11. The van der Waals surface area contributed by atoms with Crippen molar-refractivity contribution in [1.82, 2.24) is 0 Å². The Kier molecular flexibility index (Phi) is 14.2. The lowest BCUT2D eigenvalue weighted by Crippen LogP contribution is -2.56. The average Bonchev–Trinajstić information content (AvgIpc) is 2.87. The monoisotopic (exact) mass is 578 g/mol. The molecule has 0 saturated carbocycles. The molecule has 232 valence electrons. The molecule has 0 bridgehead atoms. The van der Waals surface area contributed by atoms with Crippen LogP contribution in [0.5, 0.6) is 0 Å². The van der Waals surface area contributed by atoms with Gasteiger partial charge in [-0.25, -0.2) is 0 Å². The zero-order valence-electron chi connectivity index (χ0n) is 25.0. The van der Waals surface area contributed by atoms with E-state index in [-0.39, 0.29) is 6.61 Å². The molecule has 2 fully saturated rings. The van der Waals surface area contributed by atoms with Gasteiger partial charge < -0.3 is 47.4 Å². The molecular weight excluding hydrogens is 532 g/mol. The highest BCUT2D eigenvalue weighted by Crippen LogP contribution is 2.32. The third-order valence-corrected chi connectivity index (χ3v) is 6.96. The lowest BCUT2D eigenvalue weighted by molar-refractivity contribution is -0.325. The zero-order valence-corrected chi connectivity index (χ0v) is 25.0. The summed E-state index contributed by atoms with van der Waals surface area (Å²) in [5.74, 6) is -1.29. The Bertz CT molecular complexity index is 807. The molecule has 0 aliphatic carbocycles. The number of hydrogen-bond acceptors (Lipinski definition) is 13. The van der Waals surface area contributed by atoms with Gasteiger partial charge in [0.2, 0.25) is 0 Å². The maximum Gasteiger partial charge on any atom is 0.303 e. The first-order chi connectivity index (χ1) is 18.9. The summed E-state index contributed by atoms with van der Waals surface area (Å²) in [5.41, 5.74) is 0. The Hall–Kier alpha value is -1.87. The van der Waals surface area contributed by atoms with Crippen molar-refractivity contribution in [2.45, 2.75) is 128 Å². The predicted molar refractivity (Wildman–Crippen MR) is 138 cm³/mol. The van der Waals surface area contributed by atoms with Gasteiger partial charge in [-0.3, -0.25) is 14.4 Å². The number of hydrogen-bond donors (Lipinski definition) is 0. The van der Waals surface area contributed by atoms with Crippen LogP contribution in [-0.4, -0.2) is 113 Å². The van der Waals surface area contributed by atoms with E-state index in [1.54, 1.807) is 28.1 Å². The summed E-state index contributed by atoms with van der Waals surface area (Å²) in [6.07, 6.45) is -5.18. The van der Waals surface area contributed by atoms with Crippen molar-refractivity contribution >= 4 is 17.9 Å². The third kappa shape index (κ3) is 10.2. The van der Waals surface area contributed by atoms with E-state index < -0.39 is 85.4 Å². The first-order valence-corrected chi connectivity index (χ1v) is 13.6. The first kappa shape index (κ1) is 34.3. The largest absolute Gasteiger partial charge is 0.466 e. The second-order valence-corrected chi connectivity index (χ2v) is 10.1. The second kappa shape index (κ2) is 16.5. The molecule has 2 heterocycles. The number of carbonyl (C=O) groups excluding carboxylic acids is 3.